The van der Waals surface area contributed by atoms with Gasteiger partial charge in [-0.3, -0.25) is 4.79 Å². The Hall–Kier alpha value is -3.41. The van der Waals surface area contributed by atoms with Gasteiger partial charge in [0.25, 0.3) is 5.91 Å². The predicted molar refractivity (Wildman–Crippen MR) is 180 cm³/mol. The number of alkyl halides is 2. The van der Waals surface area contributed by atoms with Crippen LogP contribution in [0.5, 0.6) is 17.2 Å². The summed E-state index contributed by atoms with van der Waals surface area (Å²) < 4.78 is 75.2. The van der Waals surface area contributed by atoms with E-state index in [1.807, 2.05) is 0 Å². The number of thioether (sulfide) groups is 1. The maximum absolute atomic E-state index is 13.9. The van der Waals surface area contributed by atoms with Crippen molar-refractivity contribution in [3.05, 3.63) is 75.5 Å². The maximum atomic E-state index is 13.9. The van der Waals surface area contributed by atoms with Gasteiger partial charge in [-0.15, -0.1) is 11.8 Å². The molecule has 2 fully saturated rings. The van der Waals surface area contributed by atoms with E-state index >= 15 is 0 Å². The zero-order valence-corrected chi connectivity index (χ0v) is 30.3. The summed E-state index contributed by atoms with van der Waals surface area (Å²) in [4.78, 5) is 31.6. The molecule has 3 aromatic rings. The first kappa shape index (κ1) is 39.4. The molecular weight excluding hydrogens is 743 g/mol. The van der Waals surface area contributed by atoms with Crippen molar-refractivity contribution in [3.8, 4) is 17.2 Å². The molecule has 0 spiro atoms. The molecule has 1 saturated heterocycles. The number of amides is 1. The van der Waals surface area contributed by atoms with Gasteiger partial charge in [-0.2, -0.15) is 8.78 Å². The number of H-pyrrole nitrogens is 1. The van der Waals surface area contributed by atoms with Crippen LogP contribution in [-0.4, -0.2) is 87.1 Å². The number of aromatic nitrogens is 1. The number of halogens is 4. The summed E-state index contributed by atoms with van der Waals surface area (Å²) in [6.45, 7) is -2.60. The SMILES string of the molecule is COc1ccc(C(=O)N2CCSC2C(=O)O[C@@H](Cc2c(Cl)c[nH+]cc2Cl)c2ccc(OC(F)F)c(OCC3CC3)c2)cc1S(=O)(=O)N(C)C.[OH-]. The summed E-state index contributed by atoms with van der Waals surface area (Å²) in [5.41, 5.74) is 0.868. The van der Waals surface area contributed by atoms with Crippen molar-refractivity contribution >= 4 is 56.9 Å². The molecule has 1 aliphatic carbocycles. The molecule has 1 unspecified atom stereocenters. The second-order valence-electron chi connectivity index (χ2n) is 11.5. The van der Waals surface area contributed by atoms with Gasteiger partial charge in [0.15, 0.2) is 29.3 Å². The van der Waals surface area contributed by atoms with Gasteiger partial charge >= 0.3 is 12.6 Å². The Bertz CT molecular complexity index is 1800. The molecule has 1 aromatic heterocycles. The lowest BCUT2D eigenvalue weighted by atomic mass is 10.0. The van der Waals surface area contributed by atoms with Crippen LogP contribution in [0.4, 0.5) is 8.78 Å². The number of hydrogen-bond donors (Lipinski definition) is 0. The van der Waals surface area contributed by atoms with E-state index in [4.69, 9.17) is 37.4 Å². The molecule has 12 nitrogen and oxygen atoms in total. The number of methoxy groups -OCH3 is 1. The molecule has 2 aromatic carbocycles. The van der Waals surface area contributed by atoms with Gasteiger partial charge in [0.1, 0.15) is 26.8 Å². The van der Waals surface area contributed by atoms with Crippen LogP contribution in [0.2, 0.25) is 10.0 Å². The Kier molecular flexibility index (Phi) is 13.2. The molecule has 272 valence electrons. The van der Waals surface area contributed by atoms with Gasteiger partial charge in [0.2, 0.25) is 10.0 Å². The van der Waals surface area contributed by atoms with Crippen LogP contribution in [0, 0.1) is 5.92 Å². The van der Waals surface area contributed by atoms with E-state index in [0.717, 1.165) is 17.1 Å². The number of carbonyl (C=O) groups is 2. The van der Waals surface area contributed by atoms with Gasteiger partial charge < -0.3 is 29.3 Å². The van der Waals surface area contributed by atoms with Crippen molar-refractivity contribution in [2.75, 3.05) is 40.1 Å². The second-order valence-corrected chi connectivity index (χ2v) is 15.6. The van der Waals surface area contributed by atoms with Crippen molar-refractivity contribution in [1.29, 1.82) is 0 Å². The van der Waals surface area contributed by atoms with Crippen LogP contribution in [-0.2, 0) is 26.0 Å². The summed E-state index contributed by atoms with van der Waals surface area (Å²) >= 11 is 14.1. The molecule has 2 heterocycles. The summed E-state index contributed by atoms with van der Waals surface area (Å²) in [6.07, 6.45) is 3.89. The highest BCUT2D eigenvalue weighted by atomic mass is 35.5. The van der Waals surface area contributed by atoms with Crippen molar-refractivity contribution < 1.29 is 56.2 Å². The molecule has 18 heteroatoms. The Balaban J connectivity index is 0.00000562. The fraction of sp³-hybridized carbons (Fsp3) is 0.406. The van der Waals surface area contributed by atoms with Crippen molar-refractivity contribution in [1.82, 2.24) is 9.21 Å². The standard InChI is InChI=1S/C32H33Cl2F2N3O8S2.H2O/c1-38(2)49(42,43)28-13-20(7-9-25(28)44-3)29(40)39-10-11-48-30(39)31(41)46-26(14-21-22(33)15-37-16-23(21)34)19-6-8-24(47-32(35)36)27(12-19)45-17-18-4-5-18;/h6-9,12-13,15-16,18,26,30,32H,4-5,10-11,14,17H2,1-3H3;1H2/t26-,30?;/m0./s1. The minimum Gasteiger partial charge on any atom is -0.870 e. The van der Waals surface area contributed by atoms with E-state index in [9.17, 15) is 26.8 Å². The maximum Gasteiger partial charge on any atom is 0.387 e. The lowest BCUT2D eigenvalue weighted by Crippen LogP contribution is -2.41. The normalized spacial score (nSPS) is 16.6. The fourth-order valence-electron chi connectivity index (χ4n) is 5.05. The van der Waals surface area contributed by atoms with E-state index in [2.05, 4.69) is 9.72 Å². The van der Waals surface area contributed by atoms with Gasteiger partial charge in [-0.1, -0.05) is 29.3 Å². The topological polar surface area (TPSA) is 156 Å². The zero-order chi connectivity index (χ0) is 35.5. The van der Waals surface area contributed by atoms with Gasteiger partial charge in [0.05, 0.1) is 13.7 Å². The third-order valence-electron chi connectivity index (χ3n) is 7.89. The van der Waals surface area contributed by atoms with Crippen LogP contribution in [0.25, 0.3) is 0 Å². The summed E-state index contributed by atoms with van der Waals surface area (Å²) in [7, 11) is 0.0640. The van der Waals surface area contributed by atoms with Crippen molar-refractivity contribution in [3.63, 3.8) is 0 Å². The fourth-order valence-corrected chi connectivity index (χ4v) is 7.76. The molecule has 2 aliphatic rings. The third-order valence-corrected chi connectivity index (χ3v) is 11.6. The van der Waals surface area contributed by atoms with Crippen LogP contribution >= 0.6 is 35.0 Å². The summed E-state index contributed by atoms with van der Waals surface area (Å²) in [5.74, 6) is -0.703. The number of hydrogen-bond acceptors (Lipinski definition) is 10. The summed E-state index contributed by atoms with van der Waals surface area (Å²) in [5, 5.41) is -0.550. The average molecular weight is 779 g/mol. The van der Waals surface area contributed by atoms with Crippen LogP contribution in [0.1, 0.15) is 40.4 Å². The molecule has 2 atom stereocenters. The number of rotatable bonds is 14. The monoisotopic (exact) mass is 777 g/mol. The number of ether oxygens (including phenoxy) is 4. The number of aromatic amines is 1. The molecule has 50 heavy (non-hydrogen) atoms. The number of sulfonamides is 1. The lowest BCUT2D eigenvalue weighted by molar-refractivity contribution is -0.377. The van der Waals surface area contributed by atoms with E-state index in [-0.39, 0.29) is 56.2 Å². The van der Waals surface area contributed by atoms with Crippen LogP contribution in [0.15, 0.2) is 53.7 Å². The number of nitrogens with one attached hydrogen (secondary N) is 1. The van der Waals surface area contributed by atoms with Crippen molar-refractivity contribution in [2.45, 2.75) is 42.2 Å². The molecule has 1 aliphatic heterocycles. The first-order valence-corrected chi connectivity index (χ1v) is 18.3. The van der Waals surface area contributed by atoms with Crippen LogP contribution < -0.4 is 19.2 Å². The first-order chi connectivity index (χ1) is 23.3. The number of esters is 1. The predicted octanol–water partition coefficient (Wildman–Crippen LogP) is 5.32. The quantitative estimate of drug-likeness (QED) is 0.196. The number of nitrogens with zero attached hydrogens (tertiary/aromatic N) is 2. The number of carbonyl (C=O) groups excluding carboxylic acids is 2. The number of benzene rings is 2. The van der Waals surface area contributed by atoms with E-state index in [0.29, 0.717) is 29.4 Å². The molecule has 2 N–H and O–H groups in total. The Morgan fingerprint density at radius 3 is 2.36 bits per heavy atom. The Labute approximate surface area is 302 Å². The first-order valence-electron chi connectivity index (χ1n) is 15.1. The second kappa shape index (κ2) is 16.7. The minimum absolute atomic E-state index is 0. The highest BCUT2D eigenvalue weighted by Gasteiger charge is 2.39. The largest absolute Gasteiger partial charge is 0.870 e. The zero-order valence-electron chi connectivity index (χ0n) is 27.1. The number of pyridine rings is 1. The molecule has 1 saturated carbocycles. The molecule has 5 rings (SSSR count). The molecular formula is C32H35Cl2F2N3O9S2. The highest BCUT2D eigenvalue weighted by Crippen LogP contribution is 2.39. The Morgan fingerprint density at radius 2 is 1.74 bits per heavy atom. The van der Waals surface area contributed by atoms with Gasteiger partial charge in [0, 0.05) is 43.9 Å². The Morgan fingerprint density at radius 1 is 1.06 bits per heavy atom. The molecule has 0 radical (unpaired) electrons. The van der Waals surface area contributed by atoms with Gasteiger partial charge in [-0.05, 0) is 54.7 Å². The molecule has 0 bridgehead atoms. The minimum atomic E-state index is -3.98. The van der Waals surface area contributed by atoms with E-state index in [1.165, 1.54) is 86.7 Å². The average Bonchev–Trinajstić information content (AvgIpc) is 3.77. The van der Waals surface area contributed by atoms with Crippen LogP contribution in [0.3, 0.4) is 0 Å². The highest BCUT2D eigenvalue weighted by molar-refractivity contribution is 8.00. The third kappa shape index (κ3) is 9.08. The molecule has 1 amide bonds. The summed E-state index contributed by atoms with van der Waals surface area (Å²) in [6, 6.07) is 8.29. The van der Waals surface area contributed by atoms with E-state index < -0.39 is 40.0 Å². The van der Waals surface area contributed by atoms with E-state index in [1.54, 1.807) is 0 Å². The van der Waals surface area contributed by atoms with Crippen molar-refractivity contribution in [2.24, 2.45) is 5.92 Å². The van der Waals surface area contributed by atoms with Gasteiger partial charge in [-0.25, -0.2) is 22.5 Å². The lowest BCUT2D eigenvalue weighted by Gasteiger charge is -2.26. The smallest absolute Gasteiger partial charge is 0.387 e.